The zero-order valence-electron chi connectivity index (χ0n) is 16.1. The first-order valence-electron chi connectivity index (χ1n) is 9.27. The molecule has 1 unspecified atom stereocenters. The van der Waals surface area contributed by atoms with Crippen molar-refractivity contribution in [3.05, 3.63) is 63.3 Å². The molecule has 0 N–H and O–H groups in total. The number of rotatable bonds is 4. The molecule has 25 heavy (non-hydrogen) atoms. The fourth-order valence-electron chi connectivity index (χ4n) is 5.12. The number of hydrogen-bond acceptors (Lipinski definition) is 0. The Balaban J connectivity index is 2.24. The maximum absolute atomic E-state index is 16.6. The topological polar surface area (TPSA) is 0 Å². The van der Waals surface area contributed by atoms with Gasteiger partial charge < -0.3 is 0 Å². The maximum atomic E-state index is 16.6. The van der Waals surface area contributed by atoms with Crippen molar-refractivity contribution in [3.63, 3.8) is 0 Å². The van der Waals surface area contributed by atoms with Crippen LogP contribution in [0.4, 0.5) is 5.25 Å². The van der Waals surface area contributed by atoms with E-state index in [1.54, 1.807) is 0 Å². The molecule has 0 heterocycles. The van der Waals surface area contributed by atoms with E-state index in [4.69, 9.17) is 0 Å². The molecular formula is C22H28F2Zr. The molecular weight excluding hydrogens is 393 g/mol. The van der Waals surface area contributed by atoms with E-state index in [-0.39, 0.29) is 0 Å². The van der Waals surface area contributed by atoms with E-state index in [1.807, 2.05) is 71.9 Å². The Labute approximate surface area is 156 Å². The summed E-state index contributed by atoms with van der Waals surface area (Å²) in [5.74, 6) is 0. The van der Waals surface area contributed by atoms with Crippen molar-refractivity contribution in [2.45, 2.75) is 61.1 Å². The van der Waals surface area contributed by atoms with Crippen LogP contribution in [0, 0.1) is 0 Å². The Morgan fingerprint density at radius 3 is 2.04 bits per heavy atom. The summed E-state index contributed by atoms with van der Waals surface area (Å²) in [6.07, 6.45) is 3.24. The minimum absolute atomic E-state index is 0.512. The summed E-state index contributed by atoms with van der Waals surface area (Å²) in [5, 5.41) is 0. The average molecular weight is 422 g/mol. The molecule has 1 atom stereocenters. The Hall–Kier alpha value is -0.817. The van der Waals surface area contributed by atoms with Gasteiger partial charge in [0.25, 0.3) is 0 Å². The van der Waals surface area contributed by atoms with Crippen LogP contribution >= 0.6 is 0 Å². The van der Waals surface area contributed by atoms with Gasteiger partial charge in [-0.15, -0.1) is 0 Å². The van der Waals surface area contributed by atoms with Crippen LogP contribution in [0.25, 0.3) is 6.08 Å². The van der Waals surface area contributed by atoms with Gasteiger partial charge in [0.1, 0.15) is 0 Å². The zero-order valence-corrected chi connectivity index (χ0v) is 18.6. The third kappa shape index (κ3) is 2.37. The first-order chi connectivity index (χ1) is 11.7. The number of fused-ring (bicyclic) bond motifs is 1. The first kappa shape index (κ1) is 19.0. The van der Waals surface area contributed by atoms with Crippen molar-refractivity contribution in [1.82, 2.24) is 0 Å². The van der Waals surface area contributed by atoms with E-state index in [1.165, 1.54) is 0 Å². The molecule has 0 aromatic heterocycles. The van der Waals surface area contributed by atoms with Crippen LogP contribution in [0.1, 0.15) is 69.1 Å². The van der Waals surface area contributed by atoms with Gasteiger partial charge in [0.2, 0.25) is 0 Å². The third-order valence-corrected chi connectivity index (χ3v) is 15.8. The number of halogens is 2. The molecule has 2 aliphatic rings. The van der Waals surface area contributed by atoms with Crippen molar-refractivity contribution in [3.8, 4) is 0 Å². The van der Waals surface area contributed by atoms with Crippen LogP contribution < -0.4 is 0 Å². The first-order valence-corrected chi connectivity index (χ1v) is 13.8. The molecule has 0 fully saturated rings. The fourth-order valence-corrected chi connectivity index (χ4v) is 14.3. The van der Waals surface area contributed by atoms with Crippen molar-refractivity contribution < 1.29 is 26.7 Å². The summed E-state index contributed by atoms with van der Waals surface area (Å²) in [4.78, 5) is 0. The standard InChI is InChI=1S/C11H11.C11H17.2FH.Zr/c1-2-9-7-10-5-3-4-6-11(10)8-9;1-6-11-9(4)7(2)8(3)10(11)5;;;/h3-8H,2H2,1H3;6H2,1-5H3;2*1H;/q;;;;+2/p-2. The molecule has 0 saturated heterocycles. The van der Waals surface area contributed by atoms with Crippen LogP contribution in [-0.2, 0) is 21.5 Å². The molecule has 134 valence electrons. The normalized spacial score (nSPS) is 22.6. The predicted molar refractivity (Wildman–Crippen MR) is 99.4 cm³/mol. The molecule has 3 heteroatoms. The Morgan fingerprint density at radius 1 is 0.960 bits per heavy atom. The SMILES string of the molecule is CCC1=Cc2ccccc2[CH]1[Zr]([F])([F])[C]1(CC)C(C)=C(C)C(C)=C1C. The van der Waals surface area contributed by atoms with Crippen molar-refractivity contribution in [2.75, 3.05) is 0 Å². The van der Waals surface area contributed by atoms with E-state index in [2.05, 4.69) is 0 Å². The van der Waals surface area contributed by atoms with Crippen molar-refractivity contribution >= 4 is 6.08 Å². The van der Waals surface area contributed by atoms with Gasteiger partial charge in [0.05, 0.1) is 0 Å². The molecule has 0 spiro atoms. The van der Waals surface area contributed by atoms with E-state index in [0.29, 0.717) is 12.8 Å². The summed E-state index contributed by atoms with van der Waals surface area (Å²) in [5.41, 5.74) is 6.86. The van der Waals surface area contributed by atoms with Crippen LogP contribution in [0.15, 0.2) is 52.1 Å². The van der Waals surface area contributed by atoms with Gasteiger partial charge in [-0.2, -0.15) is 0 Å². The second-order valence-corrected chi connectivity index (χ2v) is 14.1. The van der Waals surface area contributed by atoms with Crippen molar-refractivity contribution in [2.24, 2.45) is 0 Å². The van der Waals surface area contributed by atoms with E-state index in [0.717, 1.165) is 39.0 Å². The summed E-state index contributed by atoms with van der Waals surface area (Å²) in [6, 6.07) is 7.78. The number of hydrogen-bond donors (Lipinski definition) is 0. The Morgan fingerprint density at radius 2 is 1.52 bits per heavy atom. The van der Waals surface area contributed by atoms with E-state index >= 15 is 5.25 Å². The van der Waals surface area contributed by atoms with Gasteiger partial charge in [-0.25, -0.2) is 0 Å². The van der Waals surface area contributed by atoms with Gasteiger partial charge in [-0.1, -0.05) is 0 Å². The molecule has 0 nitrogen and oxygen atoms in total. The van der Waals surface area contributed by atoms with Gasteiger partial charge in [0, 0.05) is 0 Å². The van der Waals surface area contributed by atoms with Crippen molar-refractivity contribution in [1.29, 1.82) is 0 Å². The zero-order chi connectivity index (χ0) is 18.6. The molecule has 0 saturated carbocycles. The summed E-state index contributed by atoms with van der Waals surface area (Å²) < 4.78 is 31.5. The second kappa shape index (κ2) is 6.41. The molecule has 1 aromatic carbocycles. The second-order valence-electron chi connectivity index (χ2n) is 7.52. The van der Waals surface area contributed by atoms with E-state index < -0.39 is 28.2 Å². The van der Waals surface area contributed by atoms with Crippen LogP contribution in [0.2, 0.25) is 3.12 Å². The minimum atomic E-state index is -5.67. The van der Waals surface area contributed by atoms with Gasteiger partial charge in [-0.05, 0) is 0 Å². The quantitative estimate of drug-likeness (QED) is 0.467. The molecule has 0 radical (unpaired) electrons. The third-order valence-electron chi connectivity index (χ3n) is 6.86. The summed E-state index contributed by atoms with van der Waals surface area (Å²) in [6.45, 7) is 11.9. The fraction of sp³-hybridized carbons (Fsp3) is 0.455. The molecule has 0 amide bonds. The molecule has 0 bridgehead atoms. The average Bonchev–Trinajstić information content (AvgIpc) is 3.06. The van der Waals surface area contributed by atoms with Gasteiger partial charge >= 0.3 is 157 Å². The molecule has 1 aromatic rings. The number of allylic oxidation sites excluding steroid dienone is 5. The number of benzene rings is 1. The van der Waals surface area contributed by atoms with Crippen LogP contribution in [0.5, 0.6) is 0 Å². The van der Waals surface area contributed by atoms with Crippen LogP contribution in [0.3, 0.4) is 0 Å². The summed E-state index contributed by atoms with van der Waals surface area (Å²) >= 11 is -5.67. The van der Waals surface area contributed by atoms with E-state index in [9.17, 15) is 0 Å². The Bertz CT molecular complexity index is 787. The Kier molecular flexibility index (Phi) is 4.86. The van der Waals surface area contributed by atoms with Gasteiger partial charge in [0.15, 0.2) is 0 Å². The summed E-state index contributed by atoms with van der Waals surface area (Å²) in [7, 11) is 0. The van der Waals surface area contributed by atoms with Crippen LogP contribution in [-0.4, -0.2) is 0 Å². The monoisotopic (exact) mass is 420 g/mol. The molecule has 2 aliphatic carbocycles. The molecule has 0 aliphatic heterocycles. The molecule has 3 rings (SSSR count). The predicted octanol–water partition coefficient (Wildman–Crippen LogP) is 7.71. The van der Waals surface area contributed by atoms with Gasteiger partial charge in [-0.3, -0.25) is 0 Å².